The van der Waals surface area contributed by atoms with Gasteiger partial charge in [-0.25, -0.2) is 0 Å². The standard InChI is InChI=1S/C19H18ClF3N2O3/c20-15-9-7-13(8-10-15)18(27)24-11-3-6-17(26)25-12-14-4-1-2-5-16(14)28-19(21,22)23/h1-2,4-5,7-10H,3,6,11-12H2,(H,24,27)(H,25,26). The van der Waals surface area contributed by atoms with Crippen molar-refractivity contribution >= 4 is 23.4 Å². The summed E-state index contributed by atoms with van der Waals surface area (Å²) >= 11 is 5.75. The van der Waals surface area contributed by atoms with Gasteiger partial charge in [0.2, 0.25) is 5.91 Å². The molecule has 0 saturated heterocycles. The predicted molar refractivity (Wildman–Crippen MR) is 98.0 cm³/mol. The molecule has 0 aliphatic carbocycles. The number of hydrogen-bond acceptors (Lipinski definition) is 3. The number of amides is 2. The predicted octanol–water partition coefficient (Wildman–Crippen LogP) is 4.07. The molecule has 2 aromatic carbocycles. The molecule has 9 heteroatoms. The molecule has 0 atom stereocenters. The average molecular weight is 415 g/mol. The largest absolute Gasteiger partial charge is 0.573 e. The van der Waals surface area contributed by atoms with E-state index in [9.17, 15) is 22.8 Å². The molecular weight excluding hydrogens is 397 g/mol. The minimum atomic E-state index is -4.80. The van der Waals surface area contributed by atoms with E-state index in [0.717, 1.165) is 0 Å². The normalized spacial score (nSPS) is 11.0. The molecule has 150 valence electrons. The molecule has 2 aromatic rings. The van der Waals surface area contributed by atoms with Gasteiger partial charge in [-0.3, -0.25) is 9.59 Å². The molecule has 0 aliphatic rings. The van der Waals surface area contributed by atoms with Crippen molar-refractivity contribution in [3.63, 3.8) is 0 Å². The second-order valence-electron chi connectivity index (χ2n) is 5.80. The topological polar surface area (TPSA) is 67.4 Å². The molecule has 2 N–H and O–H groups in total. The van der Waals surface area contributed by atoms with E-state index < -0.39 is 6.36 Å². The second-order valence-corrected chi connectivity index (χ2v) is 6.24. The summed E-state index contributed by atoms with van der Waals surface area (Å²) in [5.74, 6) is -0.983. The minimum absolute atomic E-state index is 0.0950. The molecular formula is C19H18ClF3N2O3. The molecule has 0 spiro atoms. The van der Waals surface area contributed by atoms with Gasteiger partial charge in [-0.1, -0.05) is 29.8 Å². The van der Waals surface area contributed by atoms with Gasteiger partial charge >= 0.3 is 6.36 Å². The SMILES string of the molecule is O=C(CCCNC(=O)c1ccc(Cl)cc1)NCc1ccccc1OC(F)(F)F. The van der Waals surface area contributed by atoms with E-state index in [2.05, 4.69) is 15.4 Å². The van der Waals surface area contributed by atoms with Crippen LogP contribution in [0.5, 0.6) is 5.75 Å². The molecule has 0 heterocycles. The molecule has 0 unspecified atom stereocenters. The molecule has 0 aromatic heterocycles. The number of para-hydroxylation sites is 1. The first kappa shape index (κ1) is 21.6. The van der Waals surface area contributed by atoms with Crippen molar-refractivity contribution < 1.29 is 27.5 Å². The van der Waals surface area contributed by atoms with Crippen LogP contribution in [0.1, 0.15) is 28.8 Å². The van der Waals surface area contributed by atoms with Crippen LogP contribution in [0.3, 0.4) is 0 Å². The average Bonchev–Trinajstić information content (AvgIpc) is 2.63. The van der Waals surface area contributed by atoms with Crippen LogP contribution >= 0.6 is 11.6 Å². The van der Waals surface area contributed by atoms with Gasteiger partial charge in [0.1, 0.15) is 5.75 Å². The number of ether oxygens (including phenoxy) is 1. The van der Waals surface area contributed by atoms with Crippen molar-refractivity contribution in [2.75, 3.05) is 6.54 Å². The van der Waals surface area contributed by atoms with Gasteiger partial charge in [0.05, 0.1) is 0 Å². The highest BCUT2D eigenvalue weighted by Crippen LogP contribution is 2.26. The summed E-state index contributed by atoms with van der Waals surface area (Å²) in [6.07, 6.45) is -4.31. The zero-order chi connectivity index (χ0) is 20.6. The van der Waals surface area contributed by atoms with E-state index in [1.54, 1.807) is 30.3 Å². The highest BCUT2D eigenvalue weighted by Gasteiger charge is 2.31. The Kier molecular flexibility index (Phi) is 7.69. The van der Waals surface area contributed by atoms with Crippen molar-refractivity contribution in [3.05, 3.63) is 64.7 Å². The molecule has 28 heavy (non-hydrogen) atoms. The molecule has 2 amide bonds. The van der Waals surface area contributed by atoms with Gasteiger partial charge in [-0.15, -0.1) is 13.2 Å². The first-order valence-corrected chi connectivity index (χ1v) is 8.76. The van der Waals surface area contributed by atoms with E-state index in [4.69, 9.17) is 11.6 Å². The number of halogens is 4. The number of carbonyl (C=O) groups is 2. The molecule has 0 radical (unpaired) electrons. The highest BCUT2D eigenvalue weighted by molar-refractivity contribution is 6.30. The maximum atomic E-state index is 12.4. The lowest BCUT2D eigenvalue weighted by Gasteiger charge is -2.13. The third-order valence-electron chi connectivity index (χ3n) is 3.65. The molecule has 0 saturated carbocycles. The van der Waals surface area contributed by atoms with Crippen molar-refractivity contribution in [2.45, 2.75) is 25.7 Å². The fourth-order valence-electron chi connectivity index (χ4n) is 2.31. The van der Waals surface area contributed by atoms with Gasteiger partial charge in [0, 0.05) is 35.7 Å². The molecule has 5 nitrogen and oxygen atoms in total. The third kappa shape index (κ3) is 7.48. The van der Waals surface area contributed by atoms with Crippen molar-refractivity contribution in [1.82, 2.24) is 10.6 Å². The summed E-state index contributed by atoms with van der Waals surface area (Å²) in [7, 11) is 0. The van der Waals surface area contributed by atoms with Crippen molar-refractivity contribution in [3.8, 4) is 5.75 Å². The van der Waals surface area contributed by atoms with Gasteiger partial charge in [-0.05, 0) is 36.8 Å². The van der Waals surface area contributed by atoms with Gasteiger partial charge in [0.25, 0.3) is 5.91 Å². The van der Waals surface area contributed by atoms with Crippen LogP contribution in [0.4, 0.5) is 13.2 Å². The summed E-state index contributed by atoms with van der Waals surface area (Å²) in [5, 5.41) is 5.74. The highest BCUT2D eigenvalue weighted by atomic mass is 35.5. The fourth-order valence-corrected chi connectivity index (χ4v) is 2.44. The summed E-state index contributed by atoms with van der Waals surface area (Å²) < 4.78 is 41.1. The molecule has 0 bridgehead atoms. The minimum Gasteiger partial charge on any atom is -0.405 e. The molecule has 0 aliphatic heterocycles. The summed E-state index contributed by atoms with van der Waals surface area (Å²) in [6, 6.07) is 12.0. The number of hydrogen-bond donors (Lipinski definition) is 2. The van der Waals surface area contributed by atoms with Crippen LogP contribution in [0, 0.1) is 0 Å². The fraction of sp³-hybridized carbons (Fsp3) is 0.263. The van der Waals surface area contributed by atoms with Crippen LogP contribution in [0.15, 0.2) is 48.5 Å². The van der Waals surface area contributed by atoms with E-state index in [0.29, 0.717) is 17.0 Å². The third-order valence-corrected chi connectivity index (χ3v) is 3.90. The quantitative estimate of drug-likeness (QED) is 0.640. The Morgan fingerprint density at radius 2 is 1.68 bits per heavy atom. The molecule has 2 rings (SSSR count). The Balaban J connectivity index is 1.72. The van der Waals surface area contributed by atoms with Gasteiger partial charge in [-0.2, -0.15) is 0 Å². The van der Waals surface area contributed by atoms with Gasteiger partial charge < -0.3 is 15.4 Å². The Bertz CT molecular complexity index is 811. The van der Waals surface area contributed by atoms with E-state index in [-0.39, 0.29) is 42.6 Å². The van der Waals surface area contributed by atoms with Gasteiger partial charge in [0.15, 0.2) is 0 Å². The monoisotopic (exact) mass is 414 g/mol. The first-order valence-electron chi connectivity index (χ1n) is 8.39. The van der Waals surface area contributed by atoms with Crippen LogP contribution in [0.25, 0.3) is 0 Å². The van der Waals surface area contributed by atoms with Crippen LogP contribution in [0.2, 0.25) is 5.02 Å². The Hall–Kier alpha value is -2.74. The lowest BCUT2D eigenvalue weighted by Crippen LogP contribution is -2.27. The van der Waals surface area contributed by atoms with E-state index in [1.165, 1.54) is 18.2 Å². The lowest BCUT2D eigenvalue weighted by atomic mass is 10.2. The second kappa shape index (κ2) is 9.98. The Labute approximate surface area is 164 Å². The smallest absolute Gasteiger partial charge is 0.405 e. The van der Waals surface area contributed by atoms with Crippen molar-refractivity contribution in [2.24, 2.45) is 0 Å². The number of alkyl halides is 3. The van der Waals surface area contributed by atoms with Crippen molar-refractivity contribution in [1.29, 1.82) is 0 Å². The number of carbonyl (C=O) groups excluding carboxylic acids is 2. The summed E-state index contributed by atoms with van der Waals surface area (Å²) in [6.45, 7) is 0.185. The van der Waals surface area contributed by atoms with Crippen LogP contribution in [-0.4, -0.2) is 24.7 Å². The molecule has 0 fully saturated rings. The summed E-state index contributed by atoms with van der Waals surface area (Å²) in [5.41, 5.74) is 0.666. The zero-order valence-corrected chi connectivity index (χ0v) is 15.4. The van der Waals surface area contributed by atoms with E-state index in [1.807, 2.05) is 0 Å². The maximum Gasteiger partial charge on any atom is 0.573 e. The maximum absolute atomic E-state index is 12.4. The number of benzene rings is 2. The first-order chi connectivity index (χ1) is 13.2. The van der Waals surface area contributed by atoms with E-state index >= 15 is 0 Å². The number of rotatable bonds is 8. The zero-order valence-electron chi connectivity index (χ0n) is 14.7. The lowest BCUT2D eigenvalue weighted by molar-refractivity contribution is -0.274. The Morgan fingerprint density at radius 3 is 2.36 bits per heavy atom. The number of nitrogens with one attached hydrogen (secondary N) is 2. The Morgan fingerprint density at radius 1 is 1.00 bits per heavy atom. The van der Waals surface area contributed by atoms with Crippen LogP contribution < -0.4 is 15.4 Å². The van der Waals surface area contributed by atoms with Crippen LogP contribution in [-0.2, 0) is 11.3 Å². The summed E-state index contributed by atoms with van der Waals surface area (Å²) in [4.78, 5) is 23.8.